The van der Waals surface area contributed by atoms with E-state index in [9.17, 15) is 0 Å². The fraction of sp³-hybridized carbons (Fsp3) is 0.312. The zero-order valence-electron chi connectivity index (χ0n) is 13.1. The number of ether oxygens (including phenoxy) is 1. The summed E-state index contributed by atoms with van der Waals surface area (Å²) in [5.41, 5.74) is 12.2. The van der Waals surface area contributed by atoms with E-state index in [0.29, 0.717) is 29.9 Å². The summed E-state index contributed by atoms with van der Waals surface area (Å²) in [4.78, 5) is 6.18. The minimum absolute atomic E-state index is 0.364. The van der Waals surface area contributed by atoms with Gasteiger partial charge in [-0.05, 0) is 42.8 Å². The van der Waals surface area contributed by atoms with Crippen LogP contribution >= 0.6 is 11.6 Å². The topological polar surface area (TPSA) is 102 Å². The van der Waals surface area contributed by atoms with Crippen molar-refractivity contribution < 1.29 is 9.15 Å². The minimum Gasteiger partial charge on any atom is -0.494 e. The van der Waals surface area contributed by atoms with Crippen molar-refractivity contribution in [2.24, 2.45) is 16.5 Å². The molecule has 2 atom stereocenters. The van der Waals surface area contributed by atoms with Crippen LogP contribution in [0.2, 0.25) is 5.02 Å². The molecule has 24 heavy (non-hydrogen) atoms. The van der Waals surface area contributed by atoms with Gasteiger partial charge in [0.05, 0.1) is 12.9 Å². The summed E-state index contributed by atoms with van der Waals surface area (Å²) in [7, 11) is 0. The Morgan fingerprint density at radius 1 is 1.29 bits per heavy atom. The summed E-state index contributed by atoms with van der Waals surface area (Å²) < 4.78 is 11.0. The average Bonchev–Trinajstić information content (AvgIpc) is 3.09. The first kappa shape index (κ1) is 16.6. The molecule has 2 unspecified atom stereocenters. The third-order valence-corrected chi connectivity index (χ3v) is 3.91. The Morgan fingerprint density at radius 3 is 2.75 bits per heavy atom. The van der Waals surface area contributed by atoms with Crippen molar-refractivity contribution in [2.45, 2.75) is 18.9 Å². The second-order valence-corrected chi connectivity index (χ2v) is 5.80. The van der Waals surface area contributed by atoms with Crippen LogP contribution in [0.4, 0.5) is 0 Å². The molecule has 0 radical (unpaired) electrons. The molecule has 8 heteroatoms. The van der Waals surface area contributed by atoms with Gasteiger partial charge in [0.1, 0.15) is 17.8 Å². The summed E-state index contributed by atoms with van der Waals surface area (Å²) in [6.07, 6.45) is 1.54. The van der Waals surface area contributed by atoms with E-state index in [4.69, 9.17) is 32.2 Å². The maximum atomic E-state index is 6.13. The van der Waals surface area contributed by atoms with Crippen LogP contribution in [0.15, 0.2) is 52.1 Å². The zero-order valence-corrected chi connectivity index (χ0v) is 13.8. The molecule has 7 nitrogen and oxygen atoms in total. The Bertz CT molecular complexity index is 674. The normalized spacial score (nSPS) is 20.8. The van der Waals surface area contributed by atoms with Gasteiger partial charge in [0.25, 0.3) is 0 Å². The molecule has 2 heterocycles. The number of benzene rings is 1. The van der Waals surface area contributed by atoms with Gasteiger partial charge in [-0.25, -0.2) is 4.99 Å². The van der Waals surface area contributed by atoms with Crippen molar-refractivity contribution in [3.05, 3.63) is 53.4 Å². The van der Waals surface area contributed by atoms with Crippen molar-refractivity contribution in [2.75, 3.05) is 13.2 Å². The lowest BCUT2D eigenvalue weighted by Gasteiger charge is -2.36. The highest BCUT2D eigenvalue weighted by molar-refractivity contribution is 6.30. The second-order valence-electron chi connectivity index (χ2n) is 5.37. The van der Waals surface area contributed by atoms with E-state index >= 15 is 0 Å². The number of nitrogens with two attached hydrogens (primary N) is 2. The molecular formula is C16H20ClN5O2. The first-order valence-corrected chi connectivity index (χ1v) is 8.04. The molecule has 0 fully saturated rings. The molecule has 1 aromatic carbocycles. The number of nitrogens with zero attached hydrogens (tertiary/aromatic N) is 2. The maximum absolute atomic E-state index is 6.13. The van der Waals surface area contributed by atoms with Crippen LogP contribution in [-0.2, 0) is 0 Å². The van der Waals surface area contributed by atoms with Crippen molar-refractivity contribution in [3.8, 4) is 5.75 Å². The van der Waals surface area contributed by atoms with Crippen LogP contribution in [0.3, 0.4) is 0 Å². The number of hydrogen-bond donors (Lipinski definition) is 3. The molecule has 0 aliphatic carbocycles. The highest BCUT2D eigenvalue weighted by Crippen LogP contribution is 2.19. The summed E-state index contributed by atoms with van der Waals surface area (Å²) in [5.74, 6) is 1.84. The van der Waals surface area contributed by atoms with E-state index < -0.39 is 6.29 Å². The number of halogens is 1. The van der Waals surface area contributed by atoms with Gasteiger partial charge >= 0.3 is 0 Å². The molecule has 0 amide bonds. The van der Waals surface area contributed by atoms with Gasteiger partial charge in [0.2, 0.25) is 0 Å². The molecule has 1 aliphatic heterocycles. The van der Waals surface area contributed by atoms with Gasteiger partial charge in [0.15, 0.2) is 12.1 Å². The molecule has 0 bridgehead atoms. The van der Waals surface area contributed by atoms with E-state index in [1.54, 1.807) is 29.4 Å². The fourth-order valence-electron chi connectivity index (χ4n) is 2.44. The quantitative estimate of drug-likeness (QED) is 0.688. The zero-order chi connectivity index (χ0) is 16.9. The maximum Gasteiger partial charge on any atom is 0.195 e. The number of aliphatic imine (C=N–C) groups is 1. The predicted octanol–water partition coefficient (Wildman–Crippen LogP) is 1.86. The largest absolute Gasteiger partial charge is 0.494 e. The SMILES string of the molecule is NC1=NC(c2ccco2)NC(N)N1CCCOc1ccc(Cl)cc1. The highest BCUT2D eigenvalue weighted by atomic mass is 35.5. The molecule has 5 N–H and O–H groups in total. The number of rotatable bonds is 6. The molecule has 1 aromatic heterocycles. The molecule has 128 valence electrons. The van der Waals surface area contributed by atoms with Gasteiger partial charge in [0, 0.05) is 11.6 Å². The average molecular weight is 350 g/mol. The second kappa shape index (κ2) is 7.57. The molecule has 0 spiro atoms. The monoisotopic (exact) mass is 349 g/mol. The molecule has 0 saturated heterocycles. The van der Waals surface area contributed by atoms with Gasteiger partial charge in [-0.3, -0.25) is 11.1 Å². The van der Waals surface area contributed by atoms with E-state index in [0.717, 1.165) is 12.2 Å². The van der Waals surface area contributed by atoms with E-state index in [1.807, 2.05) is 18.2 Å². The molecule has 2 aromatic rings. The first-order valence-electron chi connectivity index (χ1n) is 7.67. The Balaban J connectivity index is 1.50. The third kappa shape index (κ3) is 4.00. The fourth-order valence-corrected chi connectivity index (χ4v) is 2.57. The summed E-state index contributed by atoms with van der Waals surface area (Å²) in [6, 6.07) is 10.9. The van der Waals surface area contributed by atoms with Crippen LogP contribution in [0.1, 0.15) is 18.3 Å². The Kier molecular flexibility index (Phi) is 5.24. The Labute approximate surface area is 145 Å². The summed E-state index contributed by atoms with van der Waals surface area (Å²) in [6.45, 7) is 1.17. The molecule has 1 aliphatic rings. The number of furan rings is 1. The van der Waals surface area contributed by atoms with Crippen molar-refractivity contribution in [1.29, 1.82) is 0 Å². The van der Waals surface area contributed by atoms with E-state index in [2.05, 4.69) is 10.3 Å². The lowest BCUT2D eigenvalue weighted by molar-refractivity contribution is 0.195. The predicted molar refractivity (Wildman–Crippen MR) is 92.5 cm³/mol. The summed E-state index contributed by atoms with van der Waals surface area (Å²) in [5, 5.41) is 3.83. The van der Waals surface area contributed by atoms with Crippen LogP contribution in [0.5, 0.6) is 5.75 Å². The smallest absolute Gasteiger partial charge is 0.195 e. The lowest BCUT2D eigenvalue weighted by atomic mass is 10.3. The Morgan fingerprint density at radius 2 is 2.08 bits per heavy atom. The van der Waals surface area contributed by atoms with Gasteiger partial charge < -0.3 is 19.8 Å². The van der Waals surface area contributed by atoms with Crippen LogP contribution in [-0.4, -0.2) is 30.3 Å². The van der Waals surface area contributed by atoms with E-state index in [-0.39, 0.29) is 6.17 Å². The van der Waals surface area contributed by atoms with Crippen molar-refractivity contribution >= 4 is 17.6 Å². The van der Waals surface area contributed by atoms with Gasteiger partial charge in [-0.15, -0.1) is 0 Å². The van der Waals surface area contributed by atoms with Crippen LogP contribution in [0, 0.1) is 0 Å². The third-order valence-electron chi connectivity index (χ3n) is 3.66. The minimum atomic E-state index is -0.437. The molecule has 3 rings (SSSR count). The highest BCUT2D eigenvalue weighted by Gasteiger charge is 2.27. The number of guanidine groups is 1. The number of nitrogens with one attached hydrogen (secondary N) is 1. The van der Waals surface area contributed by atoms with Crippen molar-refractivity contribution in [1.82, 2.24) is 10.2 Å². The number of hydrogen-bond acceptors (Lipinski definition) is 7. The van der Waals surface area contributed by atoms with Crippen molar-refractivity contribution in [3.63, 3.8) is 0 Å². The van der Waals surface area contributed by atoms with Crippen LogP contribution in [0.25, 0.3) is 0 Å². The lowest BCUT2D eigenvalue weighted by Crippen LogP contribution is -2.60. The first-order chi connectivity index (χ1) is 11.6. The standard InChI is InChI=1S/C16H20ClN5O2/c17-11-4-6-12(7-5-11)23-10-2-8-22-15(18)20-14(21-16(22)19)13-3-1-9-24-13/h1,3-7,9,14-15,20H,2,8,10,18H2,(H2,19,21). The Hall–Kier alpha value is -2.22. The molecule has 0 saturated carbocycles. The summed E-state index contributed by atoms with van der Waals surface area (Å²) >= 11 is 5.84. The molecular weight excluding hydrogens is 330 g/mol. The van der Waals surface area contributed by atoms with Crippen LogP contribution < -0.4 is 21.5 Å². The van der Waals surface area contributed by atoms with E-state index in [1.165, 1.54) is 0 Å². The van der Waals surface area contributed by atoms with Gasteiger partial charge in [-0.2, -0.15) is 0 Å². The van der Waals surface area contributed by atoms with Gasteiger partial charge in [-0.1, -0.05) is 11.6 Å².